The van der Waals surface area contributed by atoms with Crippen LogP contribution in [0.3, 0.4) is 0 Å². The highest BCUT2D eigenvalue weighted by molar-refractivity contribution is 5.82. The van der Waals surface area contributed by atoms with Gasteiger partial charge in [0, 0.05) is 12.5 Å². The van der Waals surface area contributed by atoms with Gasteiger partial charge in [0.2, 0.25) is 0 Å². The Labute approximate surface area is 87.4 Å². The second-order valence-electron chi connectivity index (χ2n) is 4.57. The van der Waals surface area contributed by atoms with Crippen LogP contribution in [0.25, 0.3) is 0 Å². The van der Waals surface area contributed by atoms with Crippen LogP contribution in [0.2, 0.25) is 0 Å². The Morgan fingerprint density at radius 3 is 2.36 bits per heavy atom. The van der Waals surface area contributed by atoms with Crippen molar-refractivity contribution in [2.45, 2.75) is 39.7 Å². The van der Waals surface area contributed by atoms with Gasteiger partial charge in [-0.1, -0.05) is 13.8 Å². The molecule has 1 fully saturated rings. The maximum atomic E-state index is 5.82. The first-order valence-corrected chi connectivity index (χ1v) is 5.65. The number of amidine groups is 1. The predicted molar refractivity (Wildman–Crippen MR) is 61.6 cm³/mol. The molecule has 3 nitrogen and oxygen atoms in total. The third-order valence-electron chi connectivity index (χ3n) is 2.68. The van der Waals surface area contributed by atoms with Gasteiger partial charge in [-0.2, -0.15) is 0 Å². The normalized spacial score (nSPS) is 21.9. The molecule has 0 spiro atoms. The van der Waals surface area contributed by atoms with Gasteiger partial charge in [0.05, 0.1) is 11.9 Å². The lowest BCUT2D eigenvalue weighted by atomic mass is 10.2. The van der Waals surface area contributed by atoms with Crippen LogP contribution in [-0.4, -0.2) is 36.4 Å². The molecule has 3 heteroatoms. The molecule has 0 radical (unpaired) electrons. The van der Waals surface area contributed by atoms with Gasteiger partial charge in [0.1, 0.15) is 0 Å². The molecule has 0 aromatic carbocycles. The molecule has 0 aromatic rings. The van der Waals surface area contributed by atoms with Crippen LogP contribution in [0.5, 0.6) is 0 Å². The Balaban J connectivity index is 2.33. The summed E-state index contributed by atoms with van der Waals surface area (Å²) < 4.78 is 0. The van der Waals surface area contributed by atoms with Gasteiger partial charge in [-0.3, -0.25) is 4.99 Å². The Bertz CT molecular complexity index is 193. The molecule has 0 saturated carbocycles. The maximum Gasteiger partial charge on any atom is 0.0966 e. The van der Waals surface area contributed by atoms with Crippen LogP contribution >= 0.6 is 0 Å². The second kappa shape index (κ2) is 5.35. The van der Waals surface area contributed by atoms with E-state index in [0.29, 0.717) is 12.0 Å². The predicted octanol–water partition coefficient (Wildman–Crippen LogP) is 1.48. The standard InChI is InChI=1S/C11H23N3/c1-9(2)11(12)13-10(3)8-14-6-4-5-7-14/h9-10H,4-8H2,1-3H3,(H2,12,13). The zero-order valence-corrected chi connectivity index (χ0v) is 9.66. The Morgan fingerprint density at radius 1 is 1.29 bits per heavy atom. The molecule has 0 aromatic heterocycles. The molecule has 1 aliphatic heterocycles. The van der Waals surface area contributed by atoms with Crippen molar-refractivity contribution in [1.82, 2.24) is 4.90 Å². The van der Waals surface area contributed by atoms with E-state index < -0.39 is 0 Å². The van der Waals surface area contributed by atoms with Crippen LogP contribution in [0.4, 0.5) is 0 Å². The summed E-state index contributed by atoms with van der Waals surface area (Å²) in [5.41, 5.74) is 5.82. The van der Waals surface area contributed by atoms with Gasteiger partial charge in [0.25, 0.3) is 0 Å². The number of hydrogen-bond acceptors (Lipinski definition) is 2. The minimum atomic E-state index is 0.343. The number of nitrogens with two attached hydrogens (primary N) is 1. The molecule has 1 atom stereocenters. The highest BCUT2D eigenvalue weighted by atomic mass is 15.2. The maximum absolute atomic E-state index is 5.82. The molecule has 1 saturated heterocycles. The van der Waals surface area contributed by atoms with E-state index in [0.717, 1.165) is 12.4 Å². The summed E-state index contributed by atoms with van der Waals surface area (Å²) in [6.45, 7) is 9.85. The van der Waals surface area contributed by atoms with Crippen LogP contribution in [0.15, 0.2) is 4.99 Å². The van der Waals surface area contributed by atoms with Crippen molar-refractivity contribution in [3.8, 4) is 0 Å². The molecule has 0 aliphatic carbocycles. The average molecular weight is 197 g/mol. The lowest BCUT2D eigenvalue weighted by molar-refractivity contribution is 0.321. The molecule has 1 aliphatic rings. The average Bonchev–Trinajstić information content (AvgIpc) is 2.56. The number of hydrogen-bond donors (Lipinski definition) is 1. The molecule has 82 valence electrons. The minimum Gasteiger partial charge on any atom is -0.387 e. The first kappa shape index (κ1) is 11.5. The molecular weight excluding hydrogens is 174 g/mol. The van der Waals surface area contributed by atoms with Crippen LogP contribution in [-0.2, 0) is 0 Å². The summed E-state index contributed by atoms with van der Waals surface area (Å²) in [5.74, 6) is 1.16. The van der Waals surface area contributed by atoms with Crippen LogP contribution < -0.4 is 5.73 Å². The fourth-order valence-corrected chi connectivity index (χ4v) is 1.78. The monoisotopic (exact) mass is 197 g/mol. The highest BCUT2D eigenvalue weighted by Gasteiger charge is 2.14. The molecule has 2 N–H and O–H groups in total. The molecule has 1 heterocycles. The molecule has 0 bridgehead atoms. The summed E-state index contributed by atoms with van der Waals surface area (Å²) in [4.78, 5) is 6.97. The fraction of sp³-hybridized carbons (Fsp3) is 0.909. The van der Waals surface area contributed by atoms with Gasteiger partial charge in [0.15, 0.2) is 0 Å². The summed E-state index contributed by atoms with van der Waals surface area (Å²) in [6, 6.07) is 0.343. The smallest absolute Gasteiger partial charge is 0.0966 e. The van der Waals surface area contributed by atoms with Crippen molar-refractivity contribution in [2.75, 3.05) is 19.6 Å². The van der Waals surface area contributed by atoms with E-state index in [1.807, 2.05) is 0 Å². The fourth-order valence-electron chi connectivity index (χ4n) is 1.78. The highest BCUT2D eigenvalue weighted by Crippen LogP contribution is 2.09. The summed E-state index contributed by atoms with van der Waals surface area (Å²) >= 11 is 0. The largest absolute Gasteiger partial charge is 0.387 e. The van der Waals surface area contributed by atoms with E-state index in [4.69, 9.17) is 5.73 Å². The zero-order chi connectivity index (χ0) is 10.6. The number of rotatable bonds is 4. The summed E-state index contributed by atoms with van der Waals surface area (Å²) in [7, 11) is 0. The van der Waals surface area contributed by atoms with E-state index in [9.17, 15) is 0 Å². The molecular formula is C11H23N3. The van der Waals surface area contributed by atoms with Crippen molar-refractivity contribution in [2.24, 2.45) is 16.6 Å². The Kier molecular flexibility index (Phi) is 4.39. The summed E-state index contributed by atoms with van der Waals surface area (Å²) in [5, 5.41) is 0. The van der Waals surface area contributed by atoms with Crippen molar-refractivity contribution < 1.29 is 0 Å². The number of likely N-dealkylation sites (tertiary alicyclic amines) is 1. The molecule has 14 heavy (non-hydrogen) atoms. The molecule has 0 amide bonds. The van der Waals surface area contributed by atoms with E-state index >= 15 is 0 Å². The van der Waals surface area contributed by atoms with Gasteiger partial charge in [-0.05, 0) is 32.9 Å². The molecule has 1 unspecified atom stereocenters. The van der Waals surface area contributed by atoms with Gasteiger partial charge in [-0.15, -0.1) is 0 Å². The second-order valence-corrected chi connectivity index (χ2v) is 4.57. The van der Waals surface area contributed by atoms with Gasteiger partial charge < -0.3 is 10.6 Å². The zero-order valence-electron chi connectivity index (χ0n) is 9.66. The van der Waals surface area contributed by atoms with Gasteiger partial charge in [-0.25, -0.2) is 0 Å². The Morgan fingerprint density at radius 2 is 1.86 bits per heavy atom. The van der Waals surface area contributed by atoms with Crippen molar-refractivity contribution >= 4 is 5.84 Å². The number of aliphatic imine (C=N–C) groups is 1. The summed E-state index contributed by atoms with van der Waals surface area (Å²) in [6.07, 6.45) is 2.69. The third-order valence-corrected chi connectivity index (χ3v) is 2.68. The minimum absolute atomic E-state index is 0.343. The van der Waals surface area contributed by atoms with E-state index in [1.165, 1.54) is 25.9 Å². The van der Waals surface area contributed by atoms with E-state index in [1.54, 1.807) is 0 Å². The lowest BCUT2D eigenvalue weighted by Gasteiger charge is -2.18. The van der Waals surface area contributed by atoms with E-state index in [-0.39, 0.29) is 0 Å². The molecule has 1 rings (SSSR count). The first-order valence-electron chi connectivity index (χ1n) is 5.65. The topological polar surface area (TPSA) is 41.6 Å². The SMILES string of the molecule is CC(CN1CCCC1)N=C(N)C(C)C. The van der Waals surface area contributed by atoms with E-state index in [2.05, 4.69) is 30.7 Å². The van der Waals surface area contributed by atoms with Crippen molar-refractivity contribution in [3.05, 3.63) is 0 Å². The van der Waals surface area contributed by atoms with Crippen molar-refractivity contribution in [3.63, 3.8) is 0 Å². The lowest BCUT2D eigenvalue weighted by Crippen LogP contribution is -2.30. The van der Waals surface area contributed by atoms with Crippen LogP contribution in [0, 0.1) is 5.92 Å². The third kappa shape index (κ3) is 3.66. The number of nitrogens with zero attached hydrogens (tertiary/aromatic N) is 2. The van der Waals surface area contributed by atoms with Gasteiger partial charge >= 0.3 is 0 Å². The van der Waals surface area contributed by atoms with Crippen molar-refractivity contribution in [1.29, 1.82) is 0 Å². The Hall–Kier alpha value is -0.570. The first-order chi connectivity index (χ1) is 6.59. The quantitative estimate of drug-likeness (QED) is 0.548. The van der Waals surface area contributed by atoms with Crippen LogP contribution in [0.1, 0.15) is 33.6 Å².